The summed E-state index contributed by atoms with van der Waals surface area (Å²) in [7, 11) is 0. The molecule has 0 spiro atoms. The van der Waals surface area contributed by atoms with E-state index in [0.717, 1.165) is 0 Å². The van der Waals surface area contributed by atoms with E-state index in [1.165, 1.54) is 0 Å². The van der Waals surface area contributed by atoms with Crippen LogP contribution in [0.2, 0.25) is 0 Å². The number of carboxylic acid groups (broad SMARTS) is 4. The molecular weight excluding hydrogens is 291 g/mol. The van der Waals surface area contributed by atoms with Crippen LogP contribution in [-0.2, 0) is 23.9 Å². The van der Waals surface area contributed by atoms with E-state index >= 15 is 0 Å². The van der Waals surface area contributed by atoms with Gasteiger partial charge >= 0.3 is 53.4 Å². The first-order valence-corrected chi connectivity index (χ1v) is 4.81. The molecule has 112 valence electrons. The molecular formula is C9H15NaO10. The van der Waals surface area contributed by atoms with E-state index in [1.807, 2.05) is 0 Å². The van der Waals surface area contributed by atoms with Crippen molar-refractivity contribution in [3.63, 3.8) is 0 Å². The van der Waals surface area contributed by atoms with Crippen LogP contribution in [0.15, 0.2) is 0 Å². The van der Waals surface area contributed by atoms with Gasteiger partial charge in [-0.15, -0.1) is 0 Å². The molecule has 1 atom stereocenters. The standard InChI is InChI=1S/C5H8O6.C4H6O4.Na.H/c6-2-11-3(5(9)10)1-4(7)8;5-3(6)1-2-4(7)8;;/h3,6H,1-2H2,(H,7,8)(H,9,10);1-2H2,(H,5,6)(H,7,8);;. The first-order valence-electron chi connectivity index (χ1n) is 4.81. The molecule has 0 aliphatic heterocycles. The molecule has 11 heteroatoms. The van der Waals surface area contributed by atoms with Crippen LogP contribution < -0.4 is 0 Å². The molecule has 0 aliphatic carbocycles. The van der Waals surface area contributed by atoms with E-state index in [0.29, 0.717) is 0 Å². The van der Waals surface area contributed by atoms with Gasteiger partial charge in [-0.25, -0.2) is 4.79 Å². The van der Waals surface area contributed by atoms with Crippen LogP contribution in [0.4, 0.5) is 0 Å². The van der Waals surface area contributed by atoms with E-state index in [4.69, 9.17) is 25.5 Å². The number of carbonyl (C=O) groups is 4. The molecule has 10 nitrogen and oxygen atoms in total. The predicted molar refractivity (Wildman–Crippen MR) is 63.5 cm³/mol. The first-order chi connectivity index (χ1) is 8.70. The molecule has 0 aromatic rings. The molecule has 0 bridgehead atoms. The van der Waals surface area contributed by atoms with E-state index in [-0.39, 0.29) is 42.4 Å². The zero-order valence-electron chi connectivity index (χ0n) is 9.68. The summed E-state index contributed by atoms with van der Waals surface area (Å²) in [6.45, 7) is -0.801. The van der Waals surface area contributed by atoms with Crippen LogP contribution >= 0.6 is 0 Å². The van der Waals surface area contributed by atoms with Gasteiger partial charge in [-0.3, -0.25) is 14.4 Å². The number of ether oxygens (including phenoxy) is 1. The number of aliphatic hydroxyl groups excluding tert-OH is 1. The molecule has 0 fully saturated rings. The topological polar surface area (TPSA) is 179 Å². The van der Waals surface area contributed by atoms with E-state index in [1.54, 1.807) is 0 Å². The first kappa shape index (κ1) is 23.9. The summed E-state index contributed by atoms with van der Waals surface area (Å²) in [6, 6.07) is 0. The summed E-state index contributed by atoms with van der Waals surface area (Å²) < 4.78 is 4.19. The molecule has 20 heavy (non-hydrogen) atoms. The summed E-state index contributed by atoms with van der Waals surface area (Å²) in [5.74, 6) is -4.84. The molecule has 0 saturated heterocycles. The number of rotatable bonds is 8. The van der Waals surface area contributed by atoms with Crippen molar-refractivity contribution < 1.29 is 49.4 Å². The van der Waals surface area contributed by atoms with E-state index in [9.17, 15) is 19.2 Å². The van der Waals surface area contributed by atoms with Crippen LogP contribution in [0.5, 0.6) is 0 Å². The molecule has 0 saturated carbocycles. The van der Waals surface area contributed by atoms with Gasteiger partial charge in [-0.05, 0) is 0 Å². The Kier molecular flexibility index (Phi) is 17.0. The molecule has 0 heterocycles. The average molecular weight is 306 g/mol. The predicted octanol–water partition coefficient (Wildman–Crippen LogP) is -1.83. The van der Waals surface area contributed by atoms with Gasteiger partial charge in [-0.2, -0.15) is 0 Å². The second kappa shape index (κ2) is 14.2. The van der Waals surface area contributed by atoms with Crippen LogP contribution in [0, 0.1) is 0 Å². The van der Waals surface area contributed by atoms with Crippen molar-refractivity contribution in [2.75, 3.05) is 6.79 Å². The van der Waals surface area contributed by atoms with Gasteiger partial charge < -0.3 is 30.3 Å². The Morgan fingerprint density at radius 3 is 1.45 bits per heavy atom. The Morgan fingerprint density at radius 1 is 0.850 bits per heavy atom. The second-order valence-electron chi connectivity index (χ2n) is 3.01. The van der Waals surface area contributed by atoms with Crippen LogP contribution in [-0.4, -0.2) is 91.9 Å². The van der Waals surface area contributed by atoms with E-state index in [2.05, 4.69) is 4.74 Å². The van der Waals surface area contributed by atoms with Gasteiger partial charge in [0.25, 0.3) is 0 Å². The van der Waals surface area contributed by atoms with Crippen molar-refractivity contribution in [2.24, 2.45) is 0 Å². The van der Waals surface area contributed by atoms with Gasteiger partial charge in [0.15, 0.2) is 6.10 Å². The van der Waals surface area contributed by atoms with Gasteiger partial charge in [-0.1, -0.05) is 0 Å². The van der Waals surface area contributed by atoms with Gasteiger partial charge in [0.1, 0.15) is 6.79 Å². The number of hydrogen-bond acceptors (Lipinski definition) is 6. The van der Waals surface area contributed by atoms with Crippen LogP contribution in [0.25, 0.3) is 0 Å². The fraction of sp³-hybridized carbons (Fsp3) is 0.556. The average Bonchev–Trinajstić information content (AvgIpc) is 2.26. The van der Waals surface area contributed by atoms with Crippen molar-refractivity contribution in [2.45, 2.75) is 25.4 Å². The Hall–Kier alpha value is -1.20. The molecule has 0 amide bonds. The summed E-state index contributed by atoms with van der Waals surface area (Å²) in [6.07, 6.45) is -2.72. The quantitative estimate of drug-likeness (QED) is 0.253. The zero-order valence-corrected chi connectivity index (χ0v) is 9.68. The second-order valence-corrected chi connectivity index (χ2v) is 3.01. The maximum atomic E-state index is 10.1. The van der Waals surface area contributed by atoms with Crippen molar-refractivity contribution in [1.82, 2.24) is 0 Å². The number of aliphatic hydroxyl groups is 1. The molecule has 0 radical (unpaired) electrons. The number of hydrogen-bond donors (Lipinski definition) is 5. The number of aliphatic carboxylic acids is 4. The Morgan fingerprint density at radius 2 is 1.25 bits per heavy atom. The Bertz CT molecular complexity index is 315. The fourth-order valence-electron chi connectivity index (χ4n) is 0.680. The molecule has 0 aliphatic rings. The van der Waals surface area contributed by atoms with Crippen molar-refractivity contribution >= 4 is 53.4 Å². The van der Waals surface area contributed by atoms with Crippen molar-refractivity contribution in [3.8, 4) is 0 Å². The Balaban J connectivity index is -0.000000288. The summed E-state index contributed by atoms with van der Waals surface area (Å²) in [4.78, 5) is 39.4. The molecule has 0 rings (SSSR count). The van der Waals surface area contributed by atoms with Gasteiger partial charge in [0.2, 0.25) is 0 Å². The third-order valence-corrected chi connectivity index (χ3v) is 1.46. The number of carboxylic acids is 4. The van der Waals surface area contributed by atoms with Gasteiger partial charge in [0.05, 0.1) is 19.3 Å². The third kappa shape index (κ3) is 19.1. The normalized spacial score (nSPS) is 10.2. The van der Waals surface area contributed by atoms with Gasteiger partial charge in [0, 0.05) is 0 Å². The fourth-order valence-corrected chi connectivity index (χ4v) is 0.680. The molecule has 5 N–H and O–H groups in total. The van der Waals surface area contributed by atoms with Crippen LogP contribution in [0.1, 0.15) is 19.3 Å². The Labute approximate surface area is 135 Å². The zero-order chi connectivity index (χ0) is 15.4. The minimum absolute atomic E-state index is 0. The summed E-state index contributed by atoms with van der Waals surface area (Å²) in [5.41, 5.74) is 0. The SMILES string of the molecule is O=C(O)CC(OCO)C(=O)O.O=C(O)CCC(=O)O.[NaH]. The monoisotopic (exact) mass is 306 g/mol. The third-order valence-electron chi connectivity index (χ3n) is 1.46. The molecule has 0 aromatic carbocycles. The maximum absolute atomic E-state index is 10.1. The minimum atomic E-state index is -1.47. The van der Waals surface area contributed by atoms with Crippen molar-refractivity contribution in [3.05, 3.63) is 0 Å². The van der Waals surface area contributed by atoms with Crippen LogP contribution in [0.3, 0.4) is 0 Å². The molecule has 0 aromatic heterocycles. The summed E-state index contributed by atoms with van der Waals surface area (Å²) in [5, 5.41) is 40.3. The van der Waals surface area contributed by atoms with E-state index < -0.39 is 43.2 Å². The molecule has 1 unspecified atom stereocenters. The van der Waals surface area contributed by atoms with Crippen molar-refractivity contribution in [1.29, 1.82) is 0 Å². The summed E-state index contributed by atoms with van der Waals surface area (Å²) >= 11 is 0.